The number of pyridine rings is 1. The van der Waals surface area contributed by atoms with Crippen LogP contribution in [0.25, 0.3) is 22.4 Å². The van der Waals surface area contributed by atoms with E-state index in [1.54, 1.807) is 18.6 Å². The Kier molecular flexibility index (Phi) is 3.72. The van der Waals surface area contributed by atoms with Crippen LogP contribution in [0.2, 0.25) is 0 Å². The second-order valence-electron chi connectivity index (χ2n) is 6.49. The van der Waals surface area contributed by atoms with Gasteiger partial charge in [-0.15, -0.1) is 0 Å². The van der Waals surface area contributed by atoms with Gasteiger partial charge in [-0.3, -0.25) is 0 Å². The van der Waals surface area contributed by atoms with E-state index in [0.29, 0.717) is 18.9 Å². The van der Waals surface area contributed by atoms with Crippen LogP contribution in [0.4, 0.5) is 5.82 Å². The summed E-state index contributed by atoms with van der Waals surface area (Å²) in [6, 6.07) is 3.85. The number of fused-ring (bicyclic) bond motifs is 1. The van der Waals surface area contributed by atoms with E-state index < -0.39 is 0 Å². The molecule has 5 rings (SSSR count). The van der Waals surface area contributed by atoms with Gasteiger partial charge in [0.1, 0.15) is 17.8 Å². The fraction of sp³-hybridized carbons (Fsp3) is 0.389. The molecule has 26 heavy (non-hydrogen) atoms. The molecule has 0 unspecified atom stereocenters. The summed E-state index contributed by atoms with van der Waals surface area (Å²) in [6.07, 6.45) is 8.50. The number of ether oxygens (including phenoxy) is 2. The molecule has 0 bridgehead atoms. The van der Waals surface area contributed by atoms with Gasteiger partial charge in [0, 0.05) is 37.5 Å². The first kappa shape index (κ1) is 15.5. The van der Waals surface area contributed by atoms with Gasteiger partial charge >= 0.3 is 0 Å². The molecule has 5 heterocycles. The Balaban J connectivity index is 1.34. The van der Waals surface area contributed by atoms with E-state index in [1.165, 1.54) is 6.33 Å². The maximum absolute atomic E-state index is 5.77. The first-order chi connectivity index (χ1) is 12.8. The van der Waals surface area contributed by atoms with Gasteiger partial charge < -0.3 is 14.4 Å². The van der Waals surface area contributed by atoms with Gasteiger partial charge in [0.25, 0.3) is 0 Å². The zero-order chi connectivity index (χ0) is 17.4. The molecule has 8 nitrogen and oxygen atoms in total. The van der Waals surface area contributed by atoms with Crippen LogP contribution in [0.5, 0.6) is 0 Å². The molecule has 0 saturated carbocycles. The van der Waals surface area contributed by atoms with E-state index in [0.717, 1.165) is 48.5 Å². The van der Waals surface area contributed by atoms with E-state index in [4.69, 9.17) is 9.47 Å². The summed E-state index contributed by atoms with van der Waals surface area (Å²) in [5.74, 6) is 0.491. The standard InChI is InChI=1S/C18H18N6O2/c1-2-14(23-17-13(1)9-19-12-22-17)15-10-21-16(11-20-15)24-5-3-18(4-6-24)25-7-8-26-18/h1-2,9-12H,3-8H2. The van der Waals surface area contributed by atoms with Crippen molar-refractivity contribution in [3.05, 3.63) is 37.1 Å². The summed E-state index contributed by atoms with van der Waals surface area (Å²) < 4.78 is 11.5. The minimum absolute atomic E-state index is 0.374. The van der Waals surface area contributed by atoms with Crippen LogP contribution in [-0.4, -0.2) is 57.0 Å². The zero-order valence-corrected chi connectivity index (χ0v) is 14.2. The van der Waals surface area contributed by atoms with Crippen LogP contribution in [0.1, 0.15) is 12.8 Å². The van der Waals surface area contributed by atoms with Gasteiger partial charge in [-0.1, -0.05) is 0 Å². The normalized spacial score (nSPS) is 19.3. The van der Waals surface area contributed by atoms with E-state index in [-0.39, 0.29) is 5.79 Å². The lowest BCUT2D eigenvalue weighted by Gasteiger charge is -2.37. The van der Waals surface area contributed by atoms with Crippen molar-refractivity contribution in [2.24, 2.45) is 0 Å². The van der Waals surface area contributed by atoms with Crippen molar-refractivity contribution in [2.45, 2.75) is 18.6 Å². The second-order valence-corrected chi connectivity index (χ2v) is 6.49. The Labute approximate surface area is 150 Å². The fourth-order valence-corrected chi connectivity index (χ4v) is 3.49. The number of anilines is 1. The van der Waals surface area contributed by atoms with Gasteiger partial charge in [-0.2, -0.15) is 0 Å². The predicted molar refractivity (Wildman–Crippen MR) is 94.4 cm³/mol. The quantitative estimate of drug-likeness (QED) is 0.692. The number of piperidine rings is 1. The topological polar surface area (TPSA) is 86.2 Å². The molecule has 0 aromatic carbocycles. The summed E-state index contributed by atoms with van der Waals surface area (Å²) in [5, 5.41) is 0.902. The lowest BCUT2D eigenvalue weighted by molar-refractivity contribution is -0.169. The molecule has 132 valence electrons. The number of nitrogens with zero attached hydrogens (tertiary/aromatic N) is 6. The molecule has 0 radical (unpaired) electrons. The van der Waals surface area contributed by atoms with Crippen LogP contribution >= 0.6 is 0 Å². The molecule has 0 atom stereocenters. The monoisotopic (exact) mass is 350 g/mol. The van der Waals surface area contributed by atoms with Gasteiger partial charge in [0.05, 0.1) is 31.3 Å². The maximum atomic E-state index is 5.77. The molecule has 3 aromatic heterocycles. The molecule has 2 aliphatic rings. The number of aromatic nitrogens is 5. The fourth-order valence-electron chi connectivity index (χ4n) is 3.49. The Bertz CT molecular complexity index is 916. The summed E-state index contributed by atoms with van der Waals surface area (Å²) in [6.45, 7) is 3.08. The molecule has 2 fully saturated rings. The van der Waals surface area contributed by atoms with Crippen LogP contribution < -0.4 is 4.90 Å². The third kappa shape index (κ3) is 2.77. The van der Waals surface area contributed by atoms with Crippen LogP contribution in [0.3, 0.4) is 0 Å². The summed E-state index contributed by atoms with van der Waals surface area (Å²) >= 11 is 0. The number of hydrogen-bond acceptors (Lipinski definition) is 8. The average Bonchev–Trinajstić information content (AvgIpc) is 3.16. The average molecular weight is 350 g/mol. The molecule has 8 heteroatoms. The zero-order valence-electron chi connectivity index (χ0n) is 14.2. The van der Waals surface area contributed by atoms with Crippen molar-refractivity contribution in [1.29, 1.82) is 0 Å². The SMILES string of the molecule is c1ncc2ccc(-c3cnc(N4CCC5(CC4)OCCO5)cn3)nc2n1. The molecule has 1 spiro atoms. The lowest BCUT2D eigenvalue weighted by Crippen LogP contribution is -2.45. The van der Waals surface area contributed by atoms with E-state index in [9.17, 15) is 0 Å². The second kappa shape index (κ2) is 6.22. The first-order valence-corrected chi connectivity index (χ1v) is 8.73. The van der Waals surface area contributed by atoms with Crippen molar-refractivity contribution in [2.75, 3.05) is 31.2 Å². The third-order valence-electron chi connectivity index (χ3n) is 4.93. The number of hydrogen-bond donors (Lipinski definition) is 0. The van der Waals surface area contributed by atoms with Crippen LogP contribution in [-0.2, 0) is 9.47 Å². The first-order valence-electron chi connectivity index (χ1n) is 8.73. The van der Waals surface area contributed by atoms with Gasteiger partial charge in [0.15, 0.2) is 11.4 Å². The molecular weight excluding hydrogens is 332 g/mol. The highest BCUT2D eigenvalue weighted by molar-refractivity contribution is 5.76. The largest absolute Gasteiger partial charge is 0.355 e. The molecule has 3 aromatic rings. The highest BCUT2D eigenvalue weighted by Crippen LogP contribution is 2.32. The van der Waals surface area contributed by atoms with E-state index in [1.807, 2.05) is 12.1 Å². The minimum Gasteiger partial charge on any atom is -0.355 e. The van der Waals surface area contributed by atoms with Crippen LogP contribution in [0.15, 0.2) is 37.1 Å². The summed E-state index contributed by atoms with van der Waals surface area (Å²) in [4.78, 5) is 24.1. The predicted octanol–water partition coefficient (Wildman–Crippen LogP) is 1.83. The van der Waals surface area contributed by atoms with Gasteiger partial charge in [0.2, 0.25) is 0 Å². The molecule has 0 aliphatic carbocycles. The summed E-state index contributed by atoms with van der Waals surface area (Å²) in [7, 11) is 0. The van der Waals surface area contributed by atoms with Crippen molar-refractivity contribution < 1.29 is 9.47 Å². The molecule has 0 N–H and O–H groups in total. The van der Waals surface area contributed by atoms with E-state index in [2.05, 4.69) is 29.8 Å². The molecule has 2 aliphatic heterocycles. The van der Waals surface area contributed by atoms with Crippen LogP contribution in [0, 0.1) is 0 Å². The highest BCUT2D eigenvalue weighted by atomic mass is 16.7. The molecule has 0 amide bonds. The smallest absolute Gasteiger partial charge is 0.171 e. The van der Waals surface area contributed by atoms with Gasteiger partial charge in [-0.25, -0.2) is 24.9 Å². The van der Waals surface area contributed by atoms with E-state index >= 15 is 0 Å². The Hall–Kier alpha value is -2.71. The highest BCUT2D eigenvalue weighted by Gasteiger charge is 2.40. The number of rotatable bonds is 2. The van der Waals surface area contributed by atoms with Crippen molar-refractivity contribution in [3.8, 4) is 11.4 Å². The molecule has 2 saturated heterocycles. The summed E-state index contributed by atoms with van der Waals surface area (Å²) in [5.41, 5.74) is 2.13. The Morgan fingerprint density at radius 1 is 0.885 bits per heavy atom. The minimum atomic E-state index is -0.374. The maximum Gasteiger partial charge on any atom is 0.171 e. The third-order valence-corrected chi connectivity index (χ3v) is 4.93. The van der Waals surface area contributed by atoms with Crippen molar-refractivity contribution in [1.82, 2.24) is 24.9 Å². The Morgan fingerprint density at radius 2 is 1.73 bits per heavy atom. The molecular formula is C18H18N6O2. The Morgan fingerprint density at radius 3 is 2.50 bits per heavy atom. The van der Waals surface area contributed by atoms with Gasteiger partial charge in [-0.05, 0) is 12.1 Å². The lowest BCUT2D eigenvalue weighted by atomic mass is 10.0. The van der Waals surface area contributed by atoms with Crippen molar-refractivity contribution >= 4 is 16.9 Å². The van der Waals surface area contributed by atoms with Crippen molar-refractivity contribution in [3.63, 3.8) is 0 Å².